The molecule has 0 rings (SSSR count). The number of ether oxygens (including phenoxy) is 1. The molecule has 0 saturated carbocycles. The summed E-state index contributed by atoms with van der Waals surface area (Å²) in [5, 5.41) is 12.8. The predicted octanol–water partition coefficient (Wildman–Crippen LogP) is 0.0748. The highest BCUT2D eigenvalue weighted by molar-refractivity contribution is 5.64. The average molecular weight is 231 g/mol. The Kier molecular flexibility index (Phi) is 7.96. The summed E-state index contributed by atoms with van der Waals surface area (Å²) in [6.45, 7) is 1.36. The number of aliphatic hydroxyl groups excluding tert-OH is 1. The summed E-state index contributed by atoms with van der Waals surface area (Å²) in [7, 11) is 1.81. The average Bonchev–Trinajstić information content (AvgIpc) is 2.21. The van der Waals surface area contributed by atoms with Crippen LogP contribution in [0.5, 0.6) is 0 Å². The van der Waals surface area contributed by atoms with Gasteiger partial charge in [0, 0.05) is 18.0 Å². The van der Waals surface area contributed by atoms with Gasteiger partial charge >= 0.3 is 6.09 Å². The maximum atomic E-state index is 10.3. The van der Waals surface area contributed by atoms with Gasteiger partial charge in [-0.05, 0) is 25.5 Å². The fourth-order valence-electron chi connectivity index (χ4n) is 1.14. The highest BCUT2D eigenvalue weighted by Gasteiger charge is 2.09. The zero-order valence-electron chi connectivity index (χ0n) is 9.24. The van der Waals surface area contributed by atoms with Gasteiger partial charge in [0.1, 0.15) is 12.7 Å². The van der Waals surface area contributed by atoms with E-state index in [-0.39, 0.29) is 6.61 Å². The number of carbonyl (C=O) groups is 1. The third kappa shape index (κ3) is 9.07. The summed E-state index contributed by atoms with van der Waals surface area (Å²) < 4.78 is 4.44. The molecule has 0 aliphatic heterocycles. The zero-order chi connectivity index (χ0) is 12.4. The molecule has 0 aromatic heterocycles. The van der Waals surface area contributed by atoms with Gasteiger partial charge in [-0.1, -0.05) is 5.11 Å². The fourth-order valence-corrected chi connectivity index (χ4v) is 1.14. The molecule has 0 heterocycles. The second-order valence-electron chi connectivity index (χ2n) is 3.35. The van der Waals surface area contributed by atoms with E-state index in [2.05, 4.69) is 14.8 Å². The number of primary amides is 1. The summed E-state index contributed by atoms with van der Waals surface area (Å²) in [5.74, 6) is 0. The Balaban J connectivity index is 3.56. The standard InChI is InChI=1S/C8H17N5O3/c1-13(4-2-3-11-12-10)5-7(14)6-16-8(9)15/h7,14H,2-6H2,1H3,(H2,9,15). The quantitative estimate of drug-likeness (QED) is 0.265. The van der Waals surface area contributed by atoms with Gasteiger partial charge < -0.3 is 20.5 Å². The van der Waals surface area contributed by atoms with Crippen molar-refractivity contribution in [3.8, 4) is 0 Å². The lowest BCUT2D eigenvalue weighted by atomic mass is 10.3. The van der Waals surface area contributed by atoms with Gasteiger partial charge in [-0.25, -0.2) is 4.79 Å². The van der Waals surface area contributed by atoms with Crippen molar-refractivity contribution in [2.75, 3.05) is 33.3 Å². The number of carbonyl (C=O) groups excluding carboxylic acids is 1. The number of nitrogens with two attached hydrogens (primary N) is 1. The second-order valence-corrected chi connectivity index (χ2v) is 3.35. The summed E-state index contributed by atoms with van der Waals surface area (Å²) in [5.41, 5.74) is 12.8. The molecule has 0 bridgehead atoms. The lowest BCUT2D eigenvalue weighted by molar-refractivity contribution is 0.0523. The first kappa shape index (κ1) is 14.5. The van der Waals surface area contributed by atoms with Crippen molar-refractivity contribution < 1.29 is 14.6 Å². The molecule has 0 aromatic rings. The van der Waals surface area contributed by atoms with E-state index >= 15 is 0 Å². The van der Waals surface area contributed by atoms with Gasteiger partial charge in [0.25, 0.3) is 0 Å². The molecule has 3 N–H and O–H groups in total. The van der Waals surface area contributed by atoms with Crippen LogP contribution < -0.4 is 5.73 Å². The molecule has 0 saturated heterocycles. The lowest BCUT2D eigenvalue weighted by Gasteiger charge is -2.19. The number of hydrogen-bond acceptors (Lipinski definition) is 5. The van der Waals surface area contributed by atoms with Gasteiger partial charge in [0.05, 0.1) is 0 Å². The number of amides is 1. The van der Waals surface area contributed by atoms with Gasteiger partial charge in [0.15, 0.2) is 0 Å². The van der Waals surface area contributed by atoms with E-state index in [9.17, 15) is 9.90 Å². The monoisotopic (exact) mass is 231 g/mol. The number of hydrogen-bond donors (Lipinski definition) is 2. The smallest absolute Gasteiger partial charge is 0.404 e. The van der Waals surface area contributed by atoms with Crippen LogP contribution in [0.3, 0.4) is 0 Å². The molecular formula is C8H17N5O3. The second kappa shape index (κ2) is 8.78. The van der Waals surface area contributed by atoms with E-state index in [0.717, 1.165) is 0 Å². The van der Waals surface area contributed by atoms with Crippen LogP contribution in [0.1, 0.15) is 6.42 Å². The molecule has 0 aliphatic rings. The third-order valence-electron chi connectivity index (χ3n) is 1.80. The maximum absolute atomic E-state index is 10.3. The molecule has 1 amide bonds. The molecule has 0 spiro atoms. The first-order valence-electron chi connectivity index (χ1n) is 4.86. The van der Waals surface area contributed by atoms with Gasteiger partial charge in [0.2, 0.25) is 0 Å². The van der Waals surface area contributed by atoms with Crippen molar-refractivity contribution in [3.05, 3.63) is 10.4 Å². The van der Waals surface area contributed by atoms with Crippen LogP contribution in [0.2, 0.25) is 0 Å². The Hall–Kier alpha value is -1.50. The van der Waals surface area contributed by atoms with E-state index in [1.807, 2.05) is 11.9 Å². The minimum Gasteiger partial charge on any atom is -0.447 e. The van der Waals surface area contributed by atoms with Crippen molar-refractivity contribution in [2.24, 2.45) is 10.8 Å². The molecule has 1 atom stereocenters. The van der Waals surface area contributed by atoms with Crippen LogP contribution in [-0.4, -0.2) is 55.5 Å². The first-order valence-corrected chi connectivity index (χ1v) is 4.86. The molecule has 1 unspecified atom stereocenters. The molecule has 92 valence electrons. The van der Waals surface area contributed by atoms with E-state index in [1.54, 1.807) is 0 Å². The Morgan fingerprint density at radius 1 is 1.75 bits per heavy atom. The van der Waals surface area contributed by atoms with Gasteiger partial charge in [-0.3, -0.25) is 0 Å². The van der Waals surface area contributed by atoms with Crippen molar-refractivity contribution in [2.45, 2.75) is 12.5 Å². The Morgan fingerprint density at radius 2 is 2.44 bits per heavy atom. The topological polar surface area (TPSA) is 125 Å². The minimum absolute atomic E-state index is 0.115. The Bertz CT molecular complexity index is 254. The predicted molar refractivity (Wildman–Crippen MR) is 57.7 cm³/mol. The van der Waals surface area contributed by atoms with Crippen molar-refractivity contribution >= 4 is 6.09 Å². The zero-order valence-corrected chi connectivity index (χ0v) is 9.24. The van der Waals surface area contributed by atoms with Gasteiger partial charge in [-0.2, -0.15) is 0 Å². The van der Waals surface area contributed by atoms with Gasteiger partial charge in [-0.15, -0.1) is 0 Å². The van der Waals surface area contributed by atoms with E-state index < -0.39 is 12.2 Å². The Morgan fingerprint density at radius 3 is 3.00 bits per heavy atom. The van der Waals surface area contributed by atoms with Crippen LogP contribution >= 0.6 is 0 Å². The van der Waals surface area contributed by atoms with Crippen LogP contribution in [0, 0.1) is 0 Å². The van der Waals surface area contributed by atoms with Crippen molar-refractivity contribution in [3.63, 3.8) is 0 Å². The number of likely N-dealkylation sites (N-methyl/N-ethyl adjacent to an activating group) is 1. The lowest BCUT2D eigenvalue weighted by Crippen LogP contribution is -2.34. The Labute approximate surface area is 93.6 Å². The van der Waals surface area contributed by atoms with Crippen LogP contribution in [-0.2, 0) is 4.74 Å². The van der Waals surface area contributed by atoms with Crippen molar-refractivity contribution in [1.29, 1.82) is 0 Å². The molecule has 0 radical (unpaired) electrons. The normalized spacial score (nSPS) is 11.9. The number of nitrogens with zero attached hydrogens (tertiary/aromatic N) is 4. The number of rotatable bonds is 8. The molecule has 0 aromatic carbocycles. The van der Waals surface area contributed by atoms with E-state index in [0.29, 0.717) is 26.1 Å². The van der Waals surface area contributed by atoms with Crippen LogP contribution in [0.4, 0.5) is 4.79 Å². The minimum atomic E-state index is -0.898. The highest BCUT2D eigenvalue weighted by Crippen LogP contribution is 1.93. The van der Waals surface area contributed by atoms with Crippen molar-refractivity contribution in [1.82, 2.24) is 4.90 Å². The molecule has 0 aliphatic carbocycles. The molecule has 8 nitrogen and oxygen atoms in total. The SMILES string of the molecule is CN(CCCN=[N+]=[N-])CC(O)COC(N)=O. The fraction of sp³-hybridized carbons (Fsp3) is 0.875. The maximum Gasteiger partial charge on any atom is 0.404 e. The molecule has 0 fully saturated rings. The molecule has 8 heteroatoms. The summed E-state index contributed by atoms with van der Waals surface area (Å²) >= 11 is 0. The van der Waals surface area contributed by atoms with Crippen LogP contribution in [0.25, 0.3) is 10.4 Å². The first-order chi connectivity index (χ1) is 7.56. The highest BCUT2D eigenvalue weighted by atomic mass is 16.6. The summed E-state index contributed by atoms with van der Waals surface area (Å²) in [6.07, 6.45) is -0.953. The third-order valence-corrected chi connectivity index (χ3v) is 1.80. The summed E-state index contributed by atoms with van der Waals surface area (Å²) in [4.78, 5) is 14.7. The van der Waals surface area contributed by atoms with E-state index in [1.165, 1.54) is 0 Å². The summed E-state index contributed by atoms with van der Waals surface area (Å²) in [6, 6.07) is 0. The molecular weight excluding hydrogens is 214 g/mol. The van der Waals surface area contributed by atoms with Crippen LogP contribution in [0.15, 0.2) is 5.11 Å². The van der Waals surface area contributed by atoms with E-state index in [4.69, 9.17) is 11.3 Å². The number of azide groups is 1. The largest absolute Gasteiger partial charge is 0.447 e. The number of aliphatic hydroxyl groups is 1. The molecule has 16 heavy (non-hydrogen) atoms.